The van der Waals surface area contributed by atoms with Gasteiger partial charge in [0.25, 0.3) is 5.91 Å². The van der Waals surface area contributed by atoms with E-state index >= 15 is 0 Å². The van der Waals surface area contributed by atoms with Crippen LogP contribution < -0.4 is 10.2 Å². The molecule has 1 aliphatic carbocycles. The Labute approximate surface area is 174 Å². The van der Waals surface area contributed by atoms with Gasteiger partial charge in [-0.25, -0.2) is 8.42 Å². The predicted molar refractivity (Wildman–Crippen MR) is 114 cm³/mol. The maximum absolute atomic E-state index is 12.3. The molecule has 0 bridgehead atoms. The fourth-order valence-electron chi connectivity index (χ4n) is 4.47. The molecule has 1 amide bonds. The van der Waals surface area contributed by atoms with E-state index in [2.05, 4.69) is 16.5 Å². The van der Waals surface area contributed by atoms with Gasteiger partial charge in [0.2, 0.25) is 0 Å². The highest BCUT2D eigenvalue weighted by atomic mass is 32.2. The molecule has 0 saturated carbocycles. The summed E-state index contributed by atoms with van der Waals surface area (Å²) in [7, 11) is -0.930. The zero-order valence-electron chi connectivity index (χ0n) is 18.0. The average Bonchev–Trinajstić information content (AvgIpc) is 3.16. The van der Waals surface area contributed by atoms with Crippen molar-refractivity contribution in [2.45, 2.75) is 65.0 Å². The summed E-state index contributed by atoms with van der Waals surface area (Å²) in [6.45, 7) is 5.81. The molecule has 1 aliphatic heterocycles. The second-order valence-corrected chi connectivity index (χ2v) is 10.9. The summed E-state index contributed by atoms with van der Waals surface area (Å²) >= 11 is 0. The van der Waals surface area contributed by atoms with Crippen molar-refractivity contribution in [1.82, 2.24) is 15.1 Å². The molecule has 1 saturated heterocycles. The van der Waals surface area contributed by atoms with Gasteiger partial charge in [-0.2, -0.15) is 5.10 Å². The van der Waals surface area contributed by atoms with Crippen LogP contribution in [0.15, 0.2) is 11.6 Å². The number of aryl methyl sites for hydroxylation is 1. The first kappa shape index (κ1) is 22.0. The smallest absolute Gasteiger partial charge is 0.275 e. The molecule has 7 nitrogen and oxygen atoms in total. The second-order valence-electron chi connectivity index (χ2n) is 8.67. The third-order valence-corrected chi connectivity index (χ3v) is 7.87. The third-order valence-electron chi connectivity index (χ3n) is 6.12. The Bertz CT molecular complexity index is 873. The topological polar surface area (TPSA) is 85.5 Å². The molecule has 2 atom stereocenters. The zero-order chi connectivity index (χ0) is 21.0. The van der Waals surface area contributed by atoms with Crippen molar-refractivity contribution >= 4 is 15.7 Å². The highest BCUT2D eigenvalue weighted by molar-refractivity contribution is 7.91. The fraction of sp³-hybridized carbons (Fsp3) is 0.714. The molecule has 2 aliphatic rings. The number of allylic oxidation sites excluding steroid dienone is 1. The summed E-state index contributed by atoms with van der Waals surface area (Å²) in [6, 6.07) is -0.0647. The van der Waals surface area contributed by atoms with E-state index in [1.54, 1.807) is 0 Å². The number of nitrogens with one attached hydrogen (secondary N) is 2. The molecule has 3 rings (SSSR count). The van der Waals surface area contributed by atoms with Gasteiger partial charge in [-0.15, -0.1) is 0 Å². The Morgan fingerprint density at radius 3 is 2.79 bits per heavy atom. The number of likely N-dealkylation sites (N-methyl/N-ethyl adjacent to an activating group) is 1. The molecule has 0 aromatic carbocycles. The number of aromatic nitrogens is 2. The van der Waals surface area contributed by atoms with Gasteiger partial charge in [0.15, 0.2) is 16.4 Å². The summed E-state index contributed by atoms with van der Waals surface area (Å²) < 4.78 is 25.5. The van der Waals surface area contributed by atoms with Gasteiger partial charge >= 0.3 is 0 Å². The van der Waals surface area contributed by atoms with Crippen LogP contribution in [0.1, 0.15) is 61.5 Å². The first-order chi connectivity index (χ1) is 13.7. The summed E-state index contributed by atoms with van der Waals surface area (Å²) in [5.41, 5.74) is 4.54. The van der Waals surface area contributed by atoms with Gasteiger partial charge in [-0.1, -0.05) is 11.6 Å². The number of amides is 1. The minimum absolute atomic E-state index is 0.0647. The van der Waals surface area contributed by atoms with Crippen LogP contribution in [0.3, 0.4) is 0 Å². The normalized spacial score (nSPS) is 22.3. The Hall–Kier alpha value is -1.67. The fourth-order valence-corrected chi connectivity index (χ4v) is 6.16. The lowest BCUT2D eigenvalue weighted by molar-refractivity contribution is -0.885. The molecular weight excluding hydrogens is 388 g/mol. The second kappa shape index (κ2) is 9.43. The van der Waals surface area contributed by atoms with Crippen LogP contribution in [0.4, 0.5) is 0 Å². The predicted octanol–water partition coefficient (Wildman–Crippen LogP) is 0.881. The van der Waals surface area contributed by atoms with Crippen LogP contribution in [0.25, 0.3) is 0 Å². The van der Waals surface area contributed by atoms with E-state index in [9.17, 15) is 13.2 Å². The van der Waals surface area contributed by atoms with Crippen LogP contribution in [-0.2, 0) is 21.2 Å². The van der Waals surface area contributed by atoms with E-state index in [0.717, 1.165) is 28.3 Å². The number of carbonyl (C=O) groups excluding carboxylic acids is 1. The van der Waals surface area contributed by atoms with E-state index in [1.807, 2.05) is 25.6 Å². The first-order valence-corrected chi connectivity index (χ1v) is 12.6. The van der Waals surface area contributed by atoms with Gasteiger partial charge < -0.3 is 10.2 Å². The van der Waals surface area contributed by atoms with Gasteiger partial charge in [0, 0.05) is 12.2 Å². The lowest BCUT2D eigenvalue weighted by atomic mass is 9.97. The van der Waals surface area contributed by atoms with Crippen molar-refractivity contribution in [3.8, 4) is 0 Å². The maximum Gasteiger partial charge on any atom is 0.275 e. The van der Waals surface area contributed by atoms with Crippen molar-refractivity contribution in [3.05, 3.63) is 28.6 Å². The minimum Gasteiger partial charge on any atom is -0.351 e. The molecule has 29 heavy (non-hydrogen) atoms. The van der Waals surface area contributed by atoms with Gasteiger partial charge in [0.1, 0.15) is 6.54 Å². The number of hydrogen-bond donors (Lipinski definition) is 2. The summed E-state index contributed by atoms with van der Waals surface area (Å²) in [6.07, 6.45) is 8.82. The van der Waals surface area contributed by atoms with Crippen LogP contribution in [-0.4, -0.2) is 55.7 Å². The van der Waals surface area contributed by atoms with Crippen molar-refractivity contribution < 1.29 is 18.1 Å². The van der Waals surface area contributed by atoms with Crippen molar-refractivity contribution in [2.24, 2.45) is 0 Å². The lowest BCUT2D eigenvalue weighted by Crippen LogP contribution is -3.09. The number of quaternary nitrogens is 1. The highest BCUT2D eigenvalue weighted by Gasteiger charge is 2.31. The summed E-state index contributed by atoms with van der Waals surface area (Å²) in [5.74, 6) is 0.493. The molecule has 8 heteroatoms. The standard InChI is InChI=1S/C21H34N4O3S/c1-16-20(17(2)25(23-16)19-10-12-29(27,28)15-19)13-24(3)14-21(26)22-11-9-18-7-5-4-6-8-18/h7,19H,4-6,8-15H2,1-3H3,(H,22,26)/p+1/t19-/m1/s1. The Morgan fingerprint density at radius 1 is 1.34 bits per heavy atom. The van der Waals surface area contributed by atoms with E-state index in [-0.39, 0.29) is 23.5 Å². The van der Waals surface area contributed by atoms with Crippen molar-refractivity contribution in [1.29, 1.82) is 0 Å². The largest absolute Gasteiger partial charge is 0.351 e. The molecule has 1 aromatic rings. The zero-order valence-corrected chi connectivity index (χ0v) is 18.8. The van der Waals surface area contributed by atoms with Crippen LogP contribution in [0.5, 0.6) is 0 Å². The SMILES string of the molecule is Cc1nn([C@@H]2CCS(=O)(=O)C2)c(C)c1C[NH+](C)CC(=O)NCCC1=CCCCC1. The van der Waals surface area contributed by atoms with E-state index < -0.39 is 9.84 Å². The van der Waals surface area contributed by atoms with E-state index in [4.69, 9.17) is 0 Å². The van der Waals surface area contributed by atoms with Gasteiger partial charge in [-0.05, 0) is 52.4 Å². The lowest BCUT2D eigenvalue weighted by Gasteiger charge is -2.16. The van der Waals surface area contributed by atoms with Crippen LogP contribution >= 0.6 is 0 Å². The van der Waals surface area contributed by atoms with Crippen molar-refractivity contribution in [3.63, 3.8) is 0 Å². The minimum atomic E-state index is -2.94. The van der Waals surface area contributed by atoms with Gasteiger partial charge in [-0.3, -0.25) is 9.48 Å². The van der Waals surface area contributed by atoms with Crippen molar-refractivity contribution in [2.75, 3.05) is 31.6 Å². The molecular formula is C21H35N4O3S+. The van der Waals surface area contributed by atoms with Crippen LogP contribution in [0, 0.1) is 13.8 Å². The van der Waals surface area contributed by atoms with Crippen LogP contribution in [0.2, 0.25) is 0 Å². The number of rotatable bonds is 8. The Morgan fingerprint density at radius 2 is 2.14 bits per heavy atom. The number of sulfone groups is 1. The number of hydrogen-bond acceptors (Lipinski definition) is 4. The summed E-state index contributed by atoms with van der Waals surface area (Å²) in [5, 5.41) is 7.67. The molecule has 0 radical (unpaired) electrons. The molecule has 2 heterocycles. The average molecular weight is 424 g/mol. The molecule has 162 valence electrons. The molecule has 1 aromatic heterocycles. The Kier molecular flexibility index (Phi) is 7.16. The maximum atomic E-state index is 12.3. The van der Waals surface area contributed by atoms with E-state index in [0.29, 0.717) is 26.1 Å². The third kappa shape index (κ3) is 5.92. The number of carbonyl (C=O) groups is 1. The highest BCUT2D eigenvalue weighted by Crippen LogP contribution is 2.26. The number of nitrogens with zero attached hydrogens (tertiary/aromatic N) is 2. The Balaban J connectivity index is 1.50. The monoisotopic (exact) mass is 423 g/mol. The first-order valence-electron chi connectivity index (χ1n) is 10.8. The molecule has 1 unspecified atom stereocenters. The van der Waals surface area contributed by atoms with Gasteiger partial charge in [0.05, 0.1) is 35.9 Å². The quantitative estimate of drug-likeness (QED) is 0.608. The molecule has 2 N–H and O–H groups in total. The summed E-state index contributed by atoms with van der Waals surface area (Å²) in [4.78, 5) is 13.4. The molecule has 1 fully saturated rings. The van der Waals surface area contributed by atoms with E-state index in [1.165, 1.54) is 31.3 Å². The molecule has 0 spiro atoms.